The van der Waals surface area contributed by atoms with E-state index in [1.165, 1.54) is 5.01 Å². The Balaban J connectivity index is 2.45. The van der Waals surface area contributed by atoms with Crippen LogP contribution in [-0.2, 0) is 0 Å². The zero-order chi connectivity index (χ0) is 11.0. The normalized spacial score (nSPS) is 15.0. The summed E-state index contributed by atoms with van der Waals surface area (Å²) in [5, 5.41) is 2.80. The first-order valence-electron chi connectivity index (χ1n) is 4.85. The molecule has 0 N–H and O–H groups in total. The van der Waals surface area contributed by atoms with Crippen molar-refractivity contribution in [3.63, 3.8) is 0 Å². The van der Waals surface area contributed by atoms with Crippen molar-refractivity contribution in [2.45, 2.75) is 6.92 Å². The molecule has 15 heavy (non-hydrogen) atoms. The third-order valence-corrected chi connectivity index (χ3v) is 2.57. The molecule has 0 bridgehead atoms. The Labute approximate surface area is 88.1 Å². The van der Waals surface area contributed by atoms with Crippen LogP contribution < -0.4 is 0 Å². The fraction of sp³-hybridized carbons (Fsp3) is 0.273. The van der Waals surface area contributed by atoms with Crippen LogP contribution in [0, 0.1) is 0 Å². The second-order valence-corrected chi connectivity index (χ2v) is 3.44. The van der Waals surface area contributed by atoms with Gasteiger partial charge in [-0.3, -0.25) is 9.59 Å². The van der Waals surface area contributed by atoms with E-state index in [4.69, 9.17) is 0 Å². The molecule has 2 rings (SSSR count). The van der Waals surface area contributed by atoms with E-state index in [0.29, 0.717) is 17.7 Å². The Bertz CT molecular complexity index is 393. The maximum atomic E-state index is 11.9. The van der Waals surface area contributed by atoms with E-state index in [0.717, 1.165) is 0 Å². The standard InChI is InChI=1S/C11H12N2O2/c1-3-12(2)13-10(14)8-6-4-5-7-9(8)11(13)15/h4-7H,3H2,1-2H3. The van der Waals surface area contributed by atoms with Gasteiger partial charge in [0.1, 0.15) is 0 Å². The van der Waals surface area contributed by atoms with E-state index in [2.05, 4.69) is 0 Å². The maximum Gasteiger partial charge on any atom is 0.276 e. The molecule has 1 aromatic carbocycles. The molecule has 78 valence electrons. The largest absolute Gasteiger partial charge is 0.276 e. The van der Waals surface area contributed by atoms with Crippen molar-refractivity contribution in [2.75, 3.05) is 13.6 Å². The van der Waals surface area contributed by atoms with Crippen LogP contribution in [0.5, 0.6) is 0 Å². The highest BCUT2D eigenvalue weighted by Crippen LogP contribution is 2.22. The van der Waals surface area contributed by atoms with Gasteiger partial charge in [-0.1, -0.05) is 19.1 Å². The number of amides is 2. The predicted octanol–water partition coefficient (Wildman–Crippen LogP) is 1.15. The first kappa shape index (κ1) is 9.86. The summed E-state index contributed by atoms with van der Waals surface area (Å²) in [5.74, 6) is -0.472. The van der Waals surface area contributed by atoms with Gasteiger partial charge in [-0.25, -0.2) is 10.0 Å². The predicted molar refractivity (Wildman–Crippen MR) is 55.2 cm³/mol. The summed E-state index contributed by atoms with van der Waals surface area (Å²) in [6.07, 6.45) is 0. The summed E-state index contributed by atoms with van der Waals surface area (Å²) in [5.41, 5.74) is 0.977. The number of hydrazine groups is 1. The molecule has 4 nitrogen and oxygen atoms in total. The molecule has 1 aliphatic heterocycles. The van der Waals surface area contributed by atoms with E-state index in [9.17, 15) is 9.59 Å². The molecule has 0 aromatic heterocycles. The number of rotatable bonds is 2. The van der Waals surface area contributed by atoms with Crippen LogP contribution in [-0.4, -0.2) is 35.4 Å². The van der Waals surface area contributed by atoms with Gasteiger partial charge in [0.25, 0.3) is 11.8 Å². The number of carbonyl (C=O) groups excluding carboxylic acids is 2. The Kier molecular flexibility index (Phi) is 2.28. The lowest BCUT2D eigenvalue weighted by Gasteiger charge is -2.24. The Morgan fingerprint density at radius 2 is 1.60 bits per heavy atom. The van der Waals surface area contributed by atoms with Crippen LogP contribution >= 0.6 is 0 Å². The summed E-state index contributed by atoms with van der Waals surface area (Å²) < 4.78 is 0. The topological polar surface area (TPSA) is 40.6 Å². The highest BCUT2D eigenvalue weighted by atomic mass is 16.2. The van der Waals surface area contributed by atoms with Crippen molar-refractivity contribution in [3.8, 4) is 0 Å². The first-order chi connectivity index (χ1) is 7.16. The van der Waals surface area contributed by atoms with Crippen molar-refractivity contribution in [1.82, 2.24) is 10.0 Å². The molecule has 4 heteroatoms. The summed E-state index contributed by atoms with van der Waals surface area (Å²) >= 11 is 0. The van der Waals surface area contributed by atoms with Gasteiger partial charge in [-0.15, -0.1) is 0 Å². The SMILES string of the molecule is CCN(C)N1C(=O)c2ccccc2C1=O. The van der Waals surface area contributed by atoms with Crippen LogP contribution in [0.2, 0.25) is 0 Å². The van der Waals surface area contributed by atoms with Crippen molar-refractivity contribution in [1.29, 1.82) is 0 Å². The van der Waals surface area contributed by atoms with Gasteiger partial charge in [0.05, 0.1) is 11.1 Å². The third-order valence-electron chi connectivity index (χ3n) is 2.57. The van der Waals surface area contributed by atoms with Crippen molar-refractivity contribution >= 4 is 11.8 Å². The highest BCUT2D eigenvalue weighted by molar-refractivity contribution is 6.20. The van der Waals surface area contributed by atoms with E-state index in [1.807, 2.05) is 6.92 Å². The third kappa shape index (κ3) is 1.34. The lowest BCUT2D eigenvalue weighted by molar-refractivity contribution is 0.0155. The first-order valence-corrected chi connectivity index (χ1v) is 4.85. The molecule has 1 aliphatic rings. The van der Waals surface area contributed by atoms with E-state index in [1.54, 1.807) is 36.3 Å². The molecule has 0 radical (unpaired) electrons. The summed E-state index contributed by atoms with van der Waals surface area (Å²) in [4.78, 5) is 23.7. The molecule has 0 unspecified atom stereocenters. The number of hydrogen-bond donors (Lipinski definition) is 0. The quantitative estimate of drug-likeness (QED) is 0.678. The molecule has 2 amide bonds. The highest BCUT2D eigenvalue weighted by Gasteiger charge is 2.37. The maximum absolute atomic E-state index is 11.9. The average molecular weight is 204 g/mol. The summed E-state index contributed by atoms with van der Waals surface area (Å²) in [6.45, 7) is 2.51. The molecule has 1 aromatic rings. The molecule has 0 fully saturated rings. The number of hydrogen-bond acceptors (Lipinski definition) is 3. The van der Waals surface area contributed by atoms with E-state index in [-0.39, 0.29) is 11.8 Å². The average Bonchev–Trinajstić information content (AvgIpc) is 2.52. The van der Waals surface area contributed by atoms with Crippen molar-refractivity contribution < 1.29 is 9.59 Å². The van der Waals surface area contributed by atoms with Gasteiger partial charge in [-0.2, -0.15) is 0 Å². The number of benzene rings is 1. The minimum absolute atomic E-state index is 0.236. The second-order valence-electron chi connectivity index (χ2n) is 3.44. The number of imide groups is 1. The minimum atomic E-state index is -0.236. The molecule has 0 aliphatic carbocycles. The zero-order valence-corrected chi connectivity index (χ0v) is 8.73. The van der Waals surface area contributed by atoms with Gasteiger partial charge in [-0.05, 0) is 12.1 Å². The lowest BCUT2D eigenvalue weighted by atomic mass is 10.1. The molecule has 0 spiro atoms. The molecule has 0 atom stereocenters. The smallest absolute Gasteiger partial charge is 0.267 e. The van der Waals surface area contributed by atoms with Crippen LogP contribution in [0.1, 0.15) is 27.6 Å². The number of carbonyl (C=O) groups is 2. The van der Waals surface area contributed by atoms with Gasteiger partial charge in [0.2, 0.25) is 0 Å². The van der Waals surface area contributed by atoms with Gasteiger partial charge in [0.15, 0.2) is 0 Å². The molecular weight excluding hydrogens is 192 g/mol. The Hall–Kier alpha value is -1.68. The van der Waals surface area contributed by atoms with Crippen molar-refractivity contribution in [2.24, 2.45) is 0 Å². The number of nitrogens with zero attached hydrogens (tertiary/aromatic N) is 2. The zero-order valence-electron chi connectivity index (χ0n) is 8.73. The van der Waals surface area contributed by atoms with E-state index < -0.39 is 0 Å². The lowest BCUT2D eigenvalue weighted by Crippen LogP contribution is -2.43. The van der Waals surface area contributed by atoms with Crippen LogP contribution in [0.3, 0.4) is 0 Å². The van der Waals surface area contributed by atoms with Crippen LogP contribution in [0.15, 0.2) is 24.3 Å². The fourth-order valence-corrected chi connectivity index (χ4v) is 1.63. The Morgan fingerprint density at radius 1 is 1.13 bits per heavy atom. The molecular formula is C11H12N2O2. The number of fused-ring (bicyclic) bond motifs is 1. The van der Waals surface area contributed by atoms with Gasteiger partial charge < -0.3 is 0 Å². The minimum Gasteiger partial charge on any atom is -0.267 e. The Morgan fingerprint density at radius 3 is 2.00 bits per heavy atom. The molecule has 0 saturated heterocycles. The van der Waals surface area contributed by atoms with Gasteiger partial charge in [0, 0.05) is 13.6 Å². The molecule has 1 heterocycles. The fourth-order valence-electron chi connectivity index (χ4n) is 1.63. The molecule has 0 saturated carbocycles. The van der Waals surface area contributed by atoms with E-state index >= 15 is 0 Å². The van der Waals surface area contributed by atoms with Crippen LogP contribution in [0.4, 0.5) is 0 Å². The monoisotopic (exact) mass is 204 g/mol. The second kappa shape index (κ2) is 3.47. The van der Waals surface area contributed by atoms with Crippen molar-refractivity contribution in [3.05, 3.63) is 35.4 Å². The van der Waals surface area contributed by atoms with Crippen LogP contribution in [0.25, 0.3) is 0 Å². The summed E-state index contributed by atoms with van der Waals surface area (Å²) in [6, 6.07) is 6.89. The van der Waals surface area contributed by atoms with Gasteiger partial charge >= 0.3 is 0 Å². The summed E-state index contributed by atoms with van der Waals surface area (Å²) in [7, 11) is 1.72.